The van der Waals surface area contributed by atoms with Gasteiger partial charge in [0, 0.05) is 30.1 Å². The van der Waals surface area contributed by atoms with E-state index in [9.17, 15) is 14.4 Å². The zero-order valence-corrected chi connectivity index (χ0v) is 20.1. The van der Waals surface area contributed by atoms with Crippen molar-refractivity contribution in [2.24, 2.45) is 5.92 Å². The second kappa shape index (κ2) is 10.4. The van der Waals surface area contributed by atoms with E-state index in [2.05, 4.69) is 24.4 Å². The fraction of sp³-hybridized carbons (Fsp3) is 0.464. The topological polar surface area (TPSA) is 75.7 Å². The van der Waals surface area contributed by atoms with Gasteiger partial charge in [-0.25, -0.2) is 0 Å². The monoisotopic (exact) mass is 462 g/mol. The molecule has 0 aromatic heterocycles. The van der Waals surface area contributed by atoms with Crippen LogP contribution in [-0.4, -0.2) is 31.4 Å². The summed E-state index contributed by atoms with van der Waals surface area (Å²) in [4.78, 5) is 41.4. The first-order valence-electron chi connectivity index (χ1n) is 12.4. The van der Waals surface area contributed by atoms with E-state index >= 15 is 0 Å². The molecule has 6 heteroatoms. The third-order valence-corrected chi connectivity index (χ3v) is 7.24. The molecule has 2 aromatic carbocycles. The minimum Gasteiger partial charge on any atom is -0.469 e. The summed E-state index contributed by atoms with van der Waals surface area (Å²) in [6, 6.07) is 15.9. The fourth-order valence-electron chi connectivity index (χ4n) is 5.32. The molecule has 1 heterocycles. The zero-order valence-electron chi connectivity index (χ0n) is 20.1. The predicted molar refractivity (Wildman–Crippen MR) is 131 cm³/mol. The molecule has 6 nitrogen and oxygen atoms in total. The van der Waals surface area contributed by atoms with Gasteiger partial charge in [0.1, 0.15) is 5.54 Å². The number of benzene rings is 2. The van der Waals surface area contributed by atoms with Crippen LogP contribution in [0.2, 0.25) is 0 Å². The maximum absolute atomic E-state index is 14.0. The Bertz CT molecular complexity index is 1070. The number of nitrogens with one attached hydrogen (secondary N) is 1. The number of anilines is 1. The van der Waals surface area contributed by atoms with Crippen LogP contribution in [0, 0.1) is 5.92 Å². The second-order valence-electron chi connectivity index (χ2n) is 9.36. The number of esters is 1. The molecule has 1 N–H and O–H groups in total. The number of unbranched alkanes of at least 4 members (excludes halogenated alkanes) is 2. The lowest BCUT2D eigenvalue weighted by atomic mass is 9.81. The van der Waals surface area contributed by atoms with Gasteiger partial charge in [0.05, 0.1) is 7.11 Å². The van der Waals surface area contributed by atoms with E-state index < -0.39 is 11.5 Å². The van der Waals surface area contributed by atoms with E-state index in [1.165, 1.54) is 18.2 Å². The van der Waals surface area contributed by atoms with Gasteiger partial charge in [-0.3, -0.25) is 14.4 Å². The van der Waals surface area contributed by atoms with Gasteiger partial charge < -0.3 is 15.0 Å². The number of hydrogen-bond donors (Lipinski definition) is 1. The summed E-state index contributed by atoms with van der Waals surface area (Å²) in [5.41, 5.74) is 2.81. The molecule has 2 atom stereocenters. The summed E-state index contributed by atoms with van der Waals surface area (Å²) >= 11 is 0. The average Bonchev–Trinajstić information content (AvgIpc) is 3.10. The van der Waals surface area contributed by atoms with E-state index in [1.807, 2.05) is 36.4 Å². The van der Waals surface area contributed by atoms with Crippen molar-refractivity contribution in [1.82, 2.24) is 5.32 Å². The lowest BCUT2D eigenvalue weighted by Gasteiger charge is -2.33. The molecule has 0 fully saturated rings. The van der Waals surface area contributed by atoms with E-state index in [4.69, 9.17) is 4.74 Å². The number of para-hydroxylation sites is 1. The second-order valence-corrected chi connectivity index (χ2v) is 9.36. The molecule has 4 rings (SSSR count). The van der Waals surface area contributed by atoms with Crippen molar-refractivity contribution >= 4 is 23.5 Å². The number of ether oxygens (including phenoxy) is 1. The first-order chi connectivity index (χ1) is 16.5. The van der Waals surface area contributed by atoms with Crippen LogP contribution >= 0.6 is 0 Å². The quantitative estimate of drug-likeness (QED) is 0.446. The van der Waals surface area contributed by atoms with Gasteiger partial charge >= 0.3 is 5.97 Å². The molecule has 0 spiro atoms. The highest BCUT2D eigenvalue weighted by atomic mass is 16.5. The van der Waals surface area contributed by atoms with Gasteiger partial charge in [0.25, 0.3) is 5.91 Å². The first-order valence-corrected chi connectivity index (χ1v) is 12.4. The summed E-state index contributed by atoms with van der Waals surface area (Å²) in [7, 11) is 1.34. The Morgan fingerprint density at radius 3 is 2.59 bits per heavy atom. The zero-order chi connectivity index (χ0) is 24.1. The van der Waals surface area contributed by atoms with Gasteiger partial charge in [0.2, 0.25) is 5.91 Å². The molecule has 0 bridgehead atoms. The van der Waals surface area contributed by atoms with Crippen LogP contribution in [0.1, 0.15) is 62.1 Å². The van der Waals surface area contributed by atoms with Crippen molar-refractivity contribution in [2.75, 3.05) is 18.6 Å². The van der Waals surface area contributed by atoms with Gasteiger partial charge in [-0.1, -0.05) is 62.2 Å². The Labute approximate surface area is 201 Å². The SMILES string of the molecule is CCCCCN1C(=O)C(CCC(=O)OC)(NC(=O)C2CCc3ccccc3C2)c2ccccc21. The van der Waals surface area contributed by atoms with Crippen LogP contribution in [0.5, 0.6) is 0 Å². The van der Waals surface area contributed by atoms with E-state index in [1.54, 1.807) is 4.90 Å². The molecule has 2 amide bonds. The molecule has 1 aliphatic heterocycles. The highest BCUT2D eigenvalue weighted by molar-refractivity contribution is 6.09. The fourth-order valence-corrected chi connectivity index (χ4v) is 5.32. The molecule has 1 aliphatic carbocycles. The van der Waals surface area contributed by atoms with Crippen LogP contribution in [-0.2, 0) is 37.5 Å². The van der Waals surface area contributed by atoms with Gasteiger partial charge in [0.15, 0.2) is 0 Å². The molecule has 180 valence electrons. The highest BCUT2D eigenvalue weighted by Crippen LogP contribution is 2.43. The van der Waals surface area contributed by atoms with Crippen molar-refractivity contribution in [3.05, 3.63) is 65.2 Å². The number of amides is 2. The normalized spacial score (nSPS) is 21.1. The Kier molecular flexibility index (Phi) is 7.35. The number of aryl methyl sites for hydroxylation is 1. The molecular formula is C28H34N2O4. The summed E-state index contributed by atoms with van der Waals surface area (Å²) in [6.45, 7) is 2.72. The average molecular weight is 463 g/mol. The number of carbonyl (C=O) groups excluding carboxylic acids is 3. The molecule has 34 heavy (non-hydrogen) atoms. The van der Waals surface area contributed by atoms with Crippen LogP contribution in [0.15, 0.2) is 48.5 Å². The number of hydrogen-bond acceptors (Lipinski definition) is 4. The maximum Gasteiger partial charge on any atom is 0.305 e. The number of carbonyl (C=O) groups is 3. The third-order valence-electron chi connectivity index (χ3n) is 7.24. The minimum absolute atomic E-state index is 0.0488. The number of rotatable bonds is 9. The van der Waals surface area contributed by atoms with Gasteiger partial charge in [-0.15, -0.1) is 0 Å². The van der Waals surface area contributed by atoms with E-state index in [0.29, 0.717) is 13.0 Å². The number of nitrogens with zero attached hydrogens (tertiary/aromatic N) is 1. The lowest BCUT2D eigenvalue weighted by Crippen LogP contribution is -2.55. The van der Waals surface area contributed by atoms with Gasteiger partial charge in [-0.05, 0) is 49.3 Å². The summed E-state index contributed by atoms with van der Waals surface area (Å²) in [6.07, 6.45) is 5.43. The van der Waals surface area contributed by atoms with Crippen molar-refractivity contribution in [2.45, 2.75) is 63.8 Å². The molecule has 2 aromatic rings. The highest BCUT2D eigenvalue weighted by Gasteiger charge is 2.52. The van der Waals surface area contributed by atoms with Crippen LogP contribution in [0.3, 0.4) is 0 Å². The van der Waals surface area contributed by atoms with Crippen LogP contribution in [0.25, 0.3) is 0 Å². The van der Waals surface area contributed by atoms with Crippen molar-refractivity contribution in [1.29, 1.82) is 0 Å². The van der Waals surface area contributed by atoms with Crippen LogP contribution in [0.4, 0.5) is 5.69 Å². The third kappa shape index (κ3) is 4.59. The predicted octanol–water partition coefficient (Wildman–Crippen LogP) is 4.29. The van der Waals surface area contributed by atoms with E-state index in [-0.39, 0.29) is 30.6 Å². The van der Waals surface area contributed by atoms with Crippen molar-refractivity contribution in [3.63, 3.8) is 0 Å². The first kappa shape index (κ1) is 24.0. The molecular weight excluding hydrogens is 428 g/mol. The van der Waals surface area contributed by atoms with Gasteiger partial charge in [-0.2, -0.15) is 0 Å². The van der Waals surface area contributed by atoms with Crippen LogP contribution < -0.4 is 10.2 Å². The lowest BCUT2D eigenvalue weighted by molar-refractivity contribution is -0.142. The molecule has 2 unspecified atom stereocenters. The summed E-state index contributed by atoms with van der Waals surface area (Å²) in [5, 5.41) is 3.16. The standard InChI is InChI=1S/C28H34N2O4/c1-3-4-9-18-30-24-13-8-7-12-23(24)28(27(30)33,17-16-25(31)34-2)29-26(32)22-15-14-20-10-5-6-11-21(20)19-22/h5-8,10-13,22H,3-4,9,14-19H2,1-2H3,(H,29,32). The Morgan fingerprint density at radius 1 is 1.09 bits per heavy atom. The van der Waals surface area contributed by atoms with E-state index in [0.717, 1.165) is 43.4 Å². The summed E-state index contributed by atoms with van der Waals surface area (Å²) < 4.78 is 4.87. The Balaban J connectivity index is 1.64. The molecule has 0 radical (unpaired) electrons. The Morgan fingerprint density at radius 2 is 1.82 bits per heavy atom. The maximum atomic E-state index is 14.0. The molecule has 0 saturated heterocycles. The minimum atomic E-state index is -1.26. The molecule has 0 saturated carbocycles. The largest absolute Gasteiger partial charge is 0.469 e. The van der Waals surface area contributed by atoms with Crippen molar-refractivity contribution in [3.8, 4) is 0 Å². The summed E-state index contributed by atoms with van der Waals surface area (Å²) in [5.74, 6) is -0.884. The Hall–Kier alpha value is -3.15. The number of methoxy groups -OCH3 is 1. The molecule has 2 aliphatic rings. The number of fused-ring (bicyclic) bond motifs is 2. The smallest absolute Gasteiger partial charge is 0.305 e. The van der Waals surface area contributed by atoms with Crippen molar-refractivity contribution < 1.29 is 19.1 Å².